The lowest BCUT2D eigenvalue weighted by Crippen LogP contribution is -2.21. The zero-order valence-electron chi connectivity index (χ0n) is 11.5. The summed E-state index contributed by atoms with van der Waals surface area (Å²) >= 11 is 6.12. The third kappa shape index (κ3) is 9.03. The van der Waals surface area contributed by atoms with Crippen LogP contribution < -0.4 is 0 Å². The quantitative estimate of drug-likeness (QED) is 0.312. The maximum absolute atomic E-state index is 6.12. The van der Waals surface area contributed by atoms with Crippen molar-refractivity contribution in [1.82, 2.24) is 0 Å². The summed E-state index contributed by atoms with van der Waals surface area (Å²) < 4.78 is 0. The van der Waals surface area contributed by atoms with Gasteiger partial charge in [0.05, 0.1) is 0 Å². The molecule has 0 aromatic rings. The zero-order chi connectivity index (χ0) is 13.1. The van der Waals surface area contributed by atoms with Crippen molar-refractivity contribution >= 4 is 11.6 Å². The molecule has 0 saturated carbocycles. The average molecular weight is 253 g/mol. The van der Waals surface area contributed by atoms with E-state index in [0.29, 0.717) is 0 Å². The second kappa shape index (κ2) is 9.33. The molecule has 0 aliphatic heterocycles. The van der Waals surface area contributed by atoms with Gasteiger partial charge in [-0.1, -0.05) is 38.2 Å². The van der Waals surface area contributed by atoms with Crippen LogP contribution in [0.3, 0.4) is 0 Å². The molecule has 0 nitrogen and oxygen atoms in total. The molecule has 0 N–H and O–H groups in total. The summed E-state index contributed by atoms with van der Waals surface area (Å²) in [5.41, 5.74) is 3.41. The Kier molecular flexibility index (Phi) is 8.94. The highest BCUT2D eigenvalue weighted by Gasteiger charge is 2.22. The zero-order valence-corrected chi connectivity index (χ0v) is 12.3. The van der Waals surface area contributed by atoms with E-state index >= 15 is 0 Å². The van der Waals surface area contributed by atoms with E-state index in [1.54, 1.807) is 0 Å². The van der Waals surface area contributed by atoms with E-state index in [9.17, 15) is 0 Å². The smallest absolute Gasteiger partial charge is 0.0359 e. The molecule has 0 amide bonds. The first-order valence-electron chi connectivity index (χ1n) is 6.32. The number of alkyl halides is 1. The Hall–Kier alpha value is -0.710. The van der Waals surface area contributed by atoms with Crippen LogP contribution in [0.2, 0.25) is 0 Å². The van der Waals surface area contributed by atoms with E-state index in [1.165, 1.54) is 0 Å². The van der Waals surface area contributed by atoms with Gasteiger partial charge in [-0.2, -0.15) is 0 Å². The van der Waals surface area contributed by atoms with Crippen molar-refractivity contribution in [3.63, 3.8) is 0 Å². The van der Waals surface area contributed by atoms with Crippen molar-refractivity contribution in [2.75, 3.05) is 0 Å². The van der Waals surface area contributed by atoms with Gasteiger partial charge in [-0.3, -0.25) is 0 Å². The second-order valence-corrected chi connectivity index (χ2v) is 5.56. The highest BCUT2D eigenvalue weighted by molar-refractivity contribution is 6.20. The average Bonchev–Trinajstić information content (AvgIpc) is 2.26. The summed E-state index contributed by atoms with van der Waals surface area (Å²) in [6.45, 7) is 8.50. The Bertz CT molecular complexity index is 299. The van der Waals surface area contributed by atoms with Crippen LogP contribution >= 0.6 is 11.6 Å². The van der Waals surface area contributed by atoms with Gasteiger partial charge in [0, 0.05) is 5.38 Å². The van der Waals surface area contributed by atoms with E-state index in [2.05, 4.69) is 50.8 Å². The molecule has 0 heterocycles. The van der Waals surface area contributed by atoms with Crippen molar-refractivity contribution in [1.29, 1.82) is 0 Å². The van der Waals surface area contributed by atoms with Gasteiger partial charge >= 0.3 is 0 Å². The van der Waals surface area contributed by atoms with Gasteiger partial charge < -0.3 is 0 Å². The maximum Gasteiger partial charge on any atom is 0.0359 e. The van der Waals surface area contributed by atoms with Gasteiger partial charge in [0.15, 0.2) is 0 Å². The van der Waals surface area contributed by atoms with Crippen LogP contribution in [-0.4, -0.2) is 5.38 Å². The summed E-state index contributed by atoms with van der Waals surface area (Å²) in [4.78, 5) is 0. The molecule has 1 heteroatoms. The number of hydrogen-bond donors (Lipinski definition) is 0. The van der Waals surface area contributed by atoms with Gasteiger partial charge in [0.25, 0.3) is 0 Å². The molecule has 0 saturated heterocycles. The summed E-state index contributed by atoms with van der Waals surface area (Å²) in [6, 6.07) is 0. The number of allylic oxidation sites excluding steroid dienone is 5. The molecule has 0 aromatic heterocycles. The van der Waals surface area contributed by atoms with Gasteiger partial charge in [0.1, 0.15) is 0 Å². The number of rotatable bonds is 7. The lowest BCUT2D eigenvalue weighted by Gasteiger charge is -2.26. The molecule has 0 aromatic carbocycles. The van der Waals surface area contributed by atoms with Crippen LogP contribution in [-0.2, 0) is 0 Å². The van der Waals surface area contributed by atoms with Crippen molar-refractivity contribution in [3.8, 4) is 0 Å². The Morgan fingerprint density at radius 3 is 2.53 bits per heavy atom. The normalized spacial score (nSPS) is 13.9. The molecule has 0 spiro atoms. The van der Waals surface area contributed by atoms with E-state index in [1.807, 2.05) is 19.1 Å². The first-order chi connectivity index (χ1) is 8.00. The first kappa shape index (κ1) is 16.3. The third-order valence-electron chi connectivity index (χ3n) is 2.94. The monoisotopic (exact) mass is 252 g/mol. The predicted molar refractivity (Wildman–Crippen MR) is 79.6 cm³/mol. The van der Waals surface area contributed by atoms with Gasteiger partial charge in [0.2, 0.25) is 0 Å². The fourth-order valence-corrected chi connectivity index (χ4v) is 1.32. The van der Waals surface area contributed by atoms with E-state index in [0.717, 1.165) is 19.3 Å². The van der Waals surface area contributed by atoms with Crippen molar-refractivity contribution < 1.29 is 0 Å². The highest BCUT2D eigenvalue weighted by Crippen LogP contribution is 2.30. The molecule has 1 unspecified atom stereocenters. The molecule has 1 atom stereocenters. The van der Waals surface area contributed by atoms with Crippen molar-refractivity contribution in [2.24, 2.45) is 5.41 Å². The first-order valence-corrected chi connectivity index (χ1v) is 6.75. The minimum Gasteiger partial charge on any atom is -0.129 e. The van der Waals surface area contributed by atoms with Crippen LogP contribution in [0.1, 0.15) is 47.0 Å². The molecule has 96 valence electrons. The van der Waals surface area contributed by atoms with Crippen LogP contribution in [0.15, 0.2) is 42.2 Å². The number of hydrogen-bond acceptors (Lipinski definition) is 0. The van der Waals surface area contributed by atoms with Gasteiger partial charge in [-0.05, 0) is 50.7 Å². The van der Waals surface area contributed by atoms with Crippen LogP contribution in [0.4, 0.5) is 0 Å². The SMILES string of the molecule is C/C=C/C=C/CC=C=CCCC(C)(C)C(C)Cl. The van der Waals surface area contributed by atoms with E-state index in [-0.39, 0.29) is 10.8 Å². The lowest BCUT2D eigenvalue weighted by atomic mass is 9.85. The Morgan fingerprint density at radius 1 is 1.24 bits per heavy atom. The Morgan fingerprint density at radius 2 is 1.94 bits per heavy atom. The van der Waals surface area contributed by atoms with Crippen LogP contribution in [0.5, 0.6) is 0 Å². The van der Waals surface area contributed by atoms with Gasteiger partial charge in [-0.15, -0.1) is 17.3 Å². The summed E-state index contributed by atoms with van der Waals surface area (Å²) in [5, 5.41) is 0.212. The van der Waals surface area contributed by atoms with E-state index in [4.69, 9.17) is 11.6 Å². The lowest BCUT2D eigenvalue weighted by molar-refractivity contribution is 0.332. The molecule has 0 rings (SSSR count). The molecule has 0 bridgehead atoms. The Balaban J connectivity index is 3.85. The van der Waals surface area contributed by atoms with Crippen LogP contribution in [0.25, 0.3) is 0 Å². The Labute approximate surface area is 112 Å². The summed E-state index contributed by atoms with van der Waals surface area (Å²) in [7, 11) is 0. The fraction of sp³-hybridized carbons (Fsp3) is 0.562. The summed E-state index contributed by atoms with van der Waals surface area (Å²) in [5.74, 6) is 0. The standard InChI is InChI=1S/C16H25Cl/c1-5-6-7-8-9-10-11-12-13-14-16(3,4)15(2)17/h5-8,10,12,15H,9,13-14H2,1-4H3/b6-5+,8-7+. The topological polar surface area (TPSA) is 0 Å². The molecular formula is C16H25Cl. The fourth-order valence-electron chi connectivity index (χ4n) is 1.21. The minimum atomic E-state index is 0.200. The van der Waals surface area contributed by atoms with Crippen molar-refractivity contribution in [2.45, 2.75) is 52.3 Å². The van der Waals surface area contributed by atoms with Crippen LogP contribution in [0, 0.1) is 5.41 Å². The minimum absolute atomic E-state index is 0.200. The molecule has 0 radical (unpaired) electrons. The van der Waals surface area contributed by atoms with Gasteiger partial charge in [-0.25, -0.2) is 0 Å². The molecule has 0 fully saturated rings. The molecule has 17 heavy (non-hydrogen) atoms. The third-order valence-corrected chi connectivity index (χ3v) is 3.53. The molecule has 0 aliphatic rings. The molecule has 0 aliphatic carbocycles. The molecular weight excluding hydrogens is 228 g/mol. The highest BCUT2D eigenvalue weighted by atomic mass is 35.5. The second-order valence-electron chi connectivity index (χ2n) is 4.91. The van der Waals surface area contributed by atoms with E-state index < -0.39 is 0 Å². The largest absolute Gasteiger partial charge is 0.129 e. The summed E-state index contributed by atoms with van der Waals surface area (Å²) in [6.07, 6.45) is 15.5. The maximum atomic E-state index is 6.12. The predicted octanol–water partition coefficient (Wildman–Crippen LogP) is 5.65. The van der Waals surface area contributed by atoms with Crippen molar-refractivity contribution in [3.05, 3.63) is 42.2 Å². The number of halogens is 1.